The molecule has 2 aliphatic rings. The van der Waals surface area contributed by atoms with Gasteiger partial charge in [0.25, 0.3) is 0 Å². The van der Waals surface area contributed by atoms with E-state index in [1.165, 1.54) is 0 Å². The number of hydrogen-bond donors (Lipinski definition) is 3. The van der Waals surface area contributed by atoms with Crippen molar-refractivity contribution in [2.45, 2.75) is 57.3 Å². The van der Waals surface area contributed by atoms with Crippen LogP contribution in [0.4, 0.5) is 0 Å². The van der Waals surface area contributed by atoms with Crippen LogP contribution < -0.4 is 15.4 Å². The van der Waals surface area contributed by atoms with Gasteiger partial charge in [0.05, 0.1) is 12.3 Å². The summed E-state index contributed by atoms with van der Waals surface area (Å²) in [6.07, 6.45) is 2.62. The van der Waals surface area contributed by atoms with Crippen LogP contribution in [0.3, 0.4) is 0 Å². The van der Waals surface area contributed by atoms with Crippen LogP contribution in [0.2, 0.25) is 0 Å². The average molecular weight is 346 g/mol. The van der Waals surface area contributed by atoms with Crippen molar-refractivity contribution < 1.29 is 18.0 Å². The van der Waals surface area contributed by atoms with E-state index in [4.69, 9.17) is 0 Å². The summed E-state index contributed by atoms with van der Waals surface area (Å²) < 4.78 is 25.4. The highest BCUT2D eigenvalue weighted by Gasteiger charge is 2.43. The second-order valence-corrected chi connectivity index (χ2v) is 8.48. The van der Waals surface area contributed by atoms with E-state index in [9.17, 15) is 18.0 Å². The number of nitrogens with zero attached hydrogens (tertiary/aromatic N) is 1. The van der Waals surface area contributed by atoms with E-state index in [1.54, 1.807) is 0 Å². The predicted octanol–water partition coefficient (Wildman–Crippen LogP) is -1.22. The normalized spacial score (nSPS) is 28.5. The molecule has 0 radical (unpaired) electrons. The molecule has 2 rings (SSSR count). The fraction of sp³-hybridized carbons (Fsp3) is 0.857. The molecule has 23 heavy (non-hydrogen) atoms. The van der Waals surface area contributed by atoms with Crippen molar-refractivity contribution in [3.05, 3.63) is 0 Å². The van der Waals surface area contributed by atoms with Gasteiger partial charge in [0.15, 0.2) is 0 Å². The maximum absolute atomic E-state index is 12.0. The van der Waals surface area contributed by atoms with E-state index in [0.717, 1.165) is 6.26 Å². The minimum atomic E-state index is -3.30. The molecule has 0 aromatic heterocycles. The lowest BCUT2D eigenvalue weighted by Gasteiger charge is -2.37. The molecule has 0 aromatic rings. The highest BCUT2D eigenvalue weighted by atomic mass is 32.2. The predicted molar refractivity (Wildman–Crippen MR) is 86.2 cm³/mol. The third kappa shape index (κ3) is 5.15. The van der Waals surface area contributed by atoms with Gasteiger partial charge < -0.3 is 10.6 Å². The second-order valence-electron chi connectivity index (χ2n) is 6.70. The van der Waals surface area contributed by atoms with Gasteiger partial charge in [-0.3, -0.25) is 14.5 Å². The summed E-state index contributed by atoms with van der Waals surface area (Å²) in [5, 5.41) is 5.72. The Hall–Kier alpha value is -1.19. The van der Waals surface area contributed by atoms with Crippen LogP contribution in [0, 0.1) is 0 Å². The van der Waals surface area contributed by atoms with Crippen molar-refractivity contribution in [3.63, 3.8) is 0 Å². The van der Waals surface area contributed by atoms with Gasteiger partial charge in [-0.25, -0.2) is 13.1 Å². The Balaban J connectivity index is 1.95. The van der Waals surface area contributed by atoms with Crippen LogP contribution in [0.25, 0.3) is 0 Å². The first-order valence-corrected chi connectivity index (χ1v) is 9.85. The van der Waals surface area contributed by atoms with Crippen molar-refractivity contribution in [2.24, 2.45) is 0 Å². The highest BCUT2D eigenvalue weighted by molar-refractivity contribution is 7.88. The number of nitrogens with one attached hydrogen (secondary N) is 3. The van der Waals surface area contributed by atoms with Gasteiger partial charge in [-0.15, -0.1) is 0 Å². The first kappa shape index (κ1) is 18.2. The molecule has 8 nitrogen and oxygen atoms in total. The van der Waals surface area contributed by atoms with Gasteiger partial charge in [-0.1, -0.05) is 0 Å². The average Bonchev–Trinajstić information content (AvgIpc) is 2.79. The third-order valence-electron chi connectivity index (χ3n) is 4.16. The number of amides is 2. The first-order chi connectivity index (χ1) is 10.7. The van der Waals surface area contributed by atoms with Crippen LogP contribution in [0.15, 0.2) is 0 Å². The zero-order valence-electron chi connectivity index (χ0n) is 13.8. The van der Waals surface area contributed by atoms with Gasteiger partial charge in [0.2, 0.25) is 21.8 Å². The highest BCUT2D eigenvalue weighted by Crippen LogP contribution is 2.26. The van der Waals surface area contributed by atoms with Crippen LogP contribution in [0.5, 0.6) is 0 Å². The monoisotopic (exact) mass is 346 g/mol. The molecule has 0 bridgehead atoms. The lowest BCUT2D eigenvalue weighted by Crippen LogP contribution is -2.58. The molecule has 2 heterocycles. The maximum atomic E-state index is 12.0. The SMILES string of the molecule is CC(C)NC(=O)CC[C@@H]1CNC(=O)[C@@H]2C[C@H](NS(C)(=O)=O)CN12. The molecule has 2 amide bonds. The Morgan fingerprint density at radius 3 is 2.74 bits per heavy atom. The Morgan fingerprint density at radius 1 is 1.43 bits per heavy atom. The standard InChI is InChI=1S/C14H26N4O4S/c1-9(2)16-13(19)5-4-11-7-15-14(20)12-6-10(8-18(11)12)17-23(3,21)22/h9-12,17H,4-8H2,1-3H3,(H,15,20)(H,16,19)/t10-,11+,12-/m0/s1. The van der Waals surface area contributed by atoms with Gasteiger partial charge >= 0.3 is 0 Å². The van der Waals surface area contributed by atoms with Crippen molar-refractivity contribution in [3.8, 4) is 0 Å². The van der Waals surface area contributed by atoms with Gasteiger partial charge in [-0.2, -0.15) is 0 Å². The summed E-state index contributed by atoms with van der Waals surface area (Å²) in [6, 6.07) is -0.412. The summed E-state index contributed by atoms with van der Waals surface area (Å²) in [4.78, 5) is 25.8. The maximum Gasteiger partial charge on any atom is 0.237 e. The number of hydrogen-bond acceptors (Lipinski definition) is 5. The molecule has 2 aliphatic heterocycles. The van der Waals surface area contributed by atoms with Crippen LogP contribution in [-0.2, 0) is 19.6 Å². The minimum Gasteiger partial charge on any atom is -0.354 e. The molecule has 0 aliphatic carbocycles. The number of fused-ring (bicyclic) bond motifs is 1. The molecule has 132 valence electrons. The first-order valence-electron chi connectivity index (χ1n) is 7.96. The summed E-state index contributed by atoms with van der Waals surface area (Å²) in [5.41, 5.74) is 0. The molecule has 3 atom stereocenters. The van der Waals surface area contributed by atoms with Gasteiger partial charge in [-0.05, 0) is 26.7 Å². The van der Waals surface area contributed by atoms with E-state index >= 15 is 0 Å². The topological polar surface area (TPSA) is 108 Å². The summed E-state index contributed by atoms with van der Waals surface area (Å²) in [6.45, 7) is 4.82. The molecule has 0 unspecified atom stereocenters. The van der Waals surface area contributed by atoms with E-state index in [1.807, 2.05) is 18.7 Å². The summed E-state index contributed by atoms with van der Waals surface area (Å²) >= 11 is 0. The number of piperazine rings is 1. The largest absolute Gasteiger partial charge is 0.354 e. The number of sulfonamides is 1. The molecular formula is C14H26N4O4S. The molecular weight excluding hydrogens is 320 g/mol. The van der Waals surface area contributed by atoms with E-state index in [-0.39, 0.29) is 36.0 Å². The van der Waals surface area contributed by atoms with Gasteiger partial charge in [0.1, 0.15) is 0 Å². The molecule has 9 heteroatoms. The quantitative estimate of drug-likeness (QED) is 0.559. The van der Waals surface area contributed by atoms with Crippen molar-refractivity contribution in [2.75, 3.05) is 19.3 Å². The molecule has 0 spiro atoms. The fourth-order valence-corrected chi connectivity index (χ4v) is 4.10. The Labute approximate surface area is 137 Å². The second kappa shape index (κ2) is 7.14. The fourth-order valence-electron chi connectivity index (χ4n) is 3.32. The Bertz CT molecular complexity index is 563. The zero-order valence-corrected chi connectivity index (χ0v) is 14.6. The molecule has 0 aromatic carbocycles. The lowest BCUT2D eigenvalue weighted by atomic mass is 10.0. The molecule has 0 saturated carbocycles. The van der Waals surface area contributed by atoms with Crippen LogP contribution >= 0.6 is 0 Å². The van der Waals surface area contributed by atoms with Gasteiger partial charge in [0, 0.05) is 37.6 Å². The Kier molecular flexibility index (Phi) is 5.64. The lowest BCUT2D eigenvalue weighted by molar-refractivity contribution is -0.129. The Morgan fingerprint density at radius 2 is 2.13 bits per heavy atom. The van der Waals surface area contributed by atoms with E-state index < -0.39 is 10.0 Å². The number of carbonyl (C=O) groups is 2. The number of rotatable bonds is 6. The van der Waals surface area contributed by atoms with Crippen LogP contribution in [0.1, 0.15) is 33.1 Å². The summed E-state index contributed by atoms with van der Waals surface area (Å²) in [5.74, 6) is -0.0656. The number of carbonyl (C=O) groups excluding carboxylic acids is 2. The van der Waals surface area contributed by atoms with E-state index in [2.05, 4.69) is 15.4 Å². The zero-order chi connectivity index (χ0) is 17.2. The molecule has 3 N–H and O–H groups in total. The molecule has 2 saturated heterocycles. The summed E-state index contributed by atoms with van der Waals surface area (Å²) in [7, 11) is -3.30. The van der Waals surface area contributed by atoms with Crippen molar-refractivity contribution >= 4 is 21.8 Å². The van der Waals surface area contributed by atoms with Crippen molar-refractivity contribution in [1.29, 1.82) is 0 Å². The van der Waals surface area contributed by atoms with Crippen molar-refractivity contribution in [1.82, 2.24) is 20.3 Å². The molecule has 2 fully saturated rings. The smallest absolute Gasteiger partial charge is 0.237 e. The van der Waals surface area contributed by atoms with E-state index in [0.29, 0.717) is 32.4 Å². The minimum absolute atomic E-state index is 0.00143. The van der Waals surface area contributed by atoms with Crippen LogP contribution in [-0.4, -0.2) is 68.6 Å². The third-order valence-corrected chi connectivity index (χ3v) is 4.92.